The fraction of sp³-hybridized carbons (Fsp3) is 0.423. The fourth-order valence-electron chi connectivity index (χ4n) is 5.21. The minimum absolute atomic E-state index is 0. The van der Waals surface area contributed by atoms with E-state index in [2.05, 4.69) is 77.1 Å². The first kappa shape index (κ1) is 27.2. The minimum atomic E-state index is -0.238. The van der Waals surface area contributed by atoms with Gasteiger partial charge in [0.15, 0.2) is 0 Å². The number of H-pyrrole nitrogens is 1. The Balaban J connectivity index is 0.00000193. The largest absolute Gasteiger partial charge is 0.361 e. The lowest BCUT2D eigenvalue weighted by Crippen LogP contribution is -2.53. The SMILES string of the molecule is CNC(=O)[C@H](Cc1c[nH]c2ccccc12)NC1CCC(c2ccccc2)(N(C)C)CC1.Cl.Cl. The number of nitrogens with zero attached hydrogens (tertiary/aromatic N) is 1. The number of halogens is 2. The number of aromatic nitrogens is 1. The van der Waals surface area contributed by atoms with E-state index in [9.17, 15) is 4.79 Å². The molecule has 7 heteroatoms. The van der Waals surface area contributed by atoms with Crippen molar-refractivity contribution in [2.75, 3.05) is 21.1 Å². The van der Waals surface area contributed by atoms with Crippen LogP contribution in [0.5, 0.6) is 0 Å². The fourth-order valence-corrected chi connectivity index (χ4v) is 5.21. The van der Waals surface area contributed by atoms with Crippen LogP contribution in [0.2, 0.25) is 0 Å². The highest BCUT2D eigenvalue weighted by molar-refractivity contribution is 5.86. The van der Waals surface area contributed by atoms with Crippen LogP contribution in [0.15, 0.2) is 60.8 Å². The molecule has 1 fully saturated rings. The summed E-state index contributed by atoms with van der Waals surface area (Å²) in [6.45, 7) is 0. The molecule has 3 aromatic rings. The molecule has 4 rings (SSSR count). The lowest BCUT2D eigenvalue weighted by molar-refractivity contribution is -0.123. The molecule has 0 bridgehead atoms. The lowest BCUT2D eigenvalue weighted by atomic mass is 9.74. The molecule has 0 saturated heterocycles. The average molecular weight is 492 g/mol. The van der Waals surface area contributed by atoms with Gasteiger partial charge in [-0.3, -0.25) is 9.69 Å². The van der Waals surface area contributed by atoms with Crippen molar-refractivity contribution in [3.8, 4) is 0 Å². The van der Waals surface area contributed by atoms with Gasteiger partial charge in [-0.05, 0) is 63.4 Å². The molecule has 1 amide bonds. The van der Waals surface area contributed by atoms with Gasteiger partial charge in [0, 0.05) is 35.7 Å². The topological polar surface area (TPSA) is 60.2 Å². The van der Waals surface area contributed by atoms with Gasteiger partial charge in [-0.25, -0.2) is 0 Å². The monoisotopic (exact) mass is 490 g/mol. The number of nitrogens with one attached hydrogen (secondary N) is 3. The van der Waals surface area contributed by atoms with Crippen molar-refractivity contribution in [2.24, 2.45) is 0 Å². The van der Waals surface area contributed by atoms with E-state index < -0.39 is 0 Å². The van der Waals surface area contributed by atoms with Crippen molar-refractivity contribution < 1.29 is 4.79 Å². The number of rotatable bonds is 7. The normalized spacial score (nSPS) is 21.2. The first-order chi connectivity index (χ1) is 15.0. The van der Waals surface area contributed by atoms with Gasteiger partial charge in [0.2, 0.25) is 5.91 Å². The van der Waals surface area contributed by atoms with E-state index in [1.165, 1.54) is 16.5 Å². The second-order valence-corrected chi connectivity index (χ2v) is 8.96. The molecule has 1 aromatic heterocycles. The van der Waals surface area contributed by atoms with Gasteiger partial charge in [0.1, 0.15) is 0 Å². The number of para-hydroxylation sites is 1. The summed E-state index contributed by atoms with van der Waals surface area (Å²) >= 11 is 0. The quantitative estimate of drug-likeness (QED) is 0.451. The van der Waals surface area contributed by atoms with Crippen LogP contribution in [-0.4, -0.2) is 49.0 Å². The lowest BCUT2D eigenvalue weighted by Gasteiger charge is -2.46. The number of carbonyl (C=O) groups excluding carboxylic acids is 1. The van der Waals surface area contributed by atoms with Crippen molar-refractivity contribution in [3.05, 3.63) is 71.9 Å². The molecular formula is C26H36Cl2N4O. The van der Waals surface area contributed by atoms with Crippen LogP contribution >= 0.6 is 24.8 Å². The number of benzene rings is 2. The van der Waals surface area contributed by atoms with E-state index in [4.69, 9.17) is 0 Å². The van der Waals surface area contributed by atoms with Gasteiger partial charge in [0.05, 0.1) is 6.04 Å². The molecule has 180 valence electrons. The Kier molecular flexibility index (Phi) is 9.80. The average Bonchev–Trinajstić information content (AvgIpc) is 3.22. The van der Waals surface area contributed by atoms with Crippen molar-refractivity contribution in [1.82, 2.24) is 20.5 Å². The van der Waals surface area contributed by atoms with Crippen LogP contribution in [0.1, 0.15) is 36.8 Å². The standard InChI is InChI=1S/C26H34N4O.2ClH/c1-27-25(31)24(17-19-18-28-23-12-8-7-11-22(19)23)29-21-13-15-26(16-14-21,30(2)3)20-9-5-4-6-10-20;;/h4-12,18,21,24,28-29H,13-17H2,1-3H3,(H,27,31);2*1H/t21?,24-,26?;;/m0../s1. The maximum atomic E-state index is 12.7. The molecule has 3 N–H and O–H groups in total. The smallest absolute Gasteiger partial charge is 0.237 e. The third-order valence-electron chi connectivity index (χ3n) is 7.08. The van der Waals surface area contributed by atoms with Crippen molar-refractivity contribution in [3.63, 3.8) is 0 Å². The Morgan fingerprint density at radius 1 is 1.06 bits per heavy atom. The number of aromatic amines is 1. The zero-order valence-electron chi connectivity index (χ0n) is 19.6. The molecule has 1 aliphatic carbocycles. The van der Waals surface area contributed by atoms with Crippen LogP contribution in [0, 0.1) is 0 Å². The van der Waals surface area contributed by atoms with Crippen LogP contribution < -0.4 is 10.6 Å². The van der Waals surface area contributed by atoms with E-state index in [0.29, 0.717) is 12.5 Å². The highest BCUT2D eigenvalue weighted by Gasteiger charge is 2.39. The van der Waals surface area contributed by atoms with Gasteiger partial charge < -0.3 is 15.6 Å². The summed E-state index contributed by atoms with van der Waals surface area (Å²) < 4.78 is 0. The molecular weight excluding hydrogens is 455 g/mol. The van der Waals surface area contributed by atoms with Gasteiger partial charge in [-0.2, -0.15) is 0 Å². The summed E-state index contributed by atoms with van der Waals surface area (Å²) in [5, 5.41) is 7.74. The number of likely N-dealkylation sites (N-methyl/N-ethyl adjacent to an activating group) is 1. The van der Waals surface area contributed by atoms with Crippen molar-refractivity contribution in [1.29, 1.82) is 0 Å². The van der Waals surface area contributed by atoms with Crippen LogP contribution in [-0.2, 0) is 16.8 Å². The molecule has 0 unspecified atom stereocenters. The number of amides is 1. The first-order valence-electron chi connectivity index (χ1n) is 11.3. The zero-order valence-corrected chi connectivity index (χ0v) is 21.3. The maximum absolute atomic E-state index is 12.7. The number of fused-ring (bicyclic) bond motifs is 1. The molecule has 5 nitrogen and oxygen atoms in total. The second kappa shape index (κ2) is 11.9. The molecule has 33 heavy (non-hydrogen) atoms. The summed E-state index contributed by atoms with van der Waals surface area (Å²) in [5.41, 5.74) is 3.75. The van der Waals surface area contributed by atoms with Gasteiger partial charge in [-0.15, -0.1) is 24.8 Å². The maximum Gasteiger partial charge on any atom is 0.237 e. The van der Waals surface area contributed by atoms with Crippen LogP contribution in [0.3, 0.4) is 0 Å². The number of hydrogen-bond donors (Lipinski definition) is 3. The Morgan fingerprint density at radius 3 is 2.33 bits per heavy atom. The summed E-state index contributed by atoms with van der Waals surface area (Å²) in [6, 6.07) is 19.2. The third-order valence-corrected chi connectivity index (χ3v) is 7.08. The first-order valence-corrected chi connectivity index (χ1v) is 11.3. The molecule has 1 saturated carbocycles. The summed E-state index contributed by atoms with van der Waals surface area (Å²) in [4.78, 5) is 18.4. The van der Waals surface area contributed by atoms with Gasteiger partial charge in [-0.1, -0.05) is 48.5 Å². The zero-order chi connectivity index (χ0) is 21.8. The van der Waals surface area contributed by atoms with E-state index in [0.717, 1.165) is 31.2 Å². The van der Waals surface area contributed by atoms with Crippen molar-refractivity contribution in [2.45, 2.75) is 49.7 Å². The Morgan fingerprint density at radius 2 is 1.70 bits per heavy atom. The number of hydrogen-bond acceptors (Lipinski definition) is 3. The van der Waals surface area contributed by atoms with Crippen molar-refractivity contribution >= 4 is 41.6 Å². The molecule has 0 aliphatic heterocycles. The number of carbonyl (C=O) groups is 1. The molecule has 0 radical (unpaired) electrons. The Hall–Kier alpha value is -2.05. The highest BCUT2D eigenvalue weighted by Crippen LogP contribution is 2.41. The van der Waals surface area contributed by atoms with Gasteiger partial charge >= 0.3 is 0 Å². The third kappa shape index (κ3) is 5.72. The molecule has 1 aliphatic rings. The minimum Gasteiger partial charge on any atom is -0.361 e. The molecule has 1 heterocycles. The Labute approximate surface area is 209 Å². The highest BCUT2D eigenvalue weighted by atomic mass is 35.5. The summed E-state index contributed by atoms with van der Waals surface area (Å²) in [5.74, 6) is 0.0535. The van der Waals surface area contributed by atoms with E-state index >= 15 is 0 Å². The van der Waals surface area contributed by atoms with E-state index in [-0.39, 0.29) is 42.3 Å². The van der Waals surface area contributed by atoms with Crippen LogP contribution in [0.4, 0.5) is 0 Å². The summed E-state index contributed by atoms with van der Waals surface area (Å²) in [7, 11) is 6.09. The van der Waals surface area contributed by atoms with Crippen LogP contribution in [0.25, 0.3) is 10.9 Å². The second-order valence-electron chi connectivity index (χ2n) is 8.96. The molecule has 2 aromatic carbocycles. The predicted octanol–water partition coefficient (Wildman–Crippen LogP) is 4.66. The predicted molar refractivity (Wildman–Crippen MR) is 142 cm³/mol. The van der Waals surface area contributed by atoms with Gasteiger partial charge in [0.25, 0.3) is 0 Å². The Bertz CT molecular complexity index is 1010. The molecule has 0 spiro atoms. The van der Waals surface area contributed by atoms with E-state index in [1.54, 1.807) is 7.05 Å². The molecule has 1 atom stereocenters. The summed E-state index contributed by atoms with van der Waals surface area (Å²) in [6.07, 6.45) is 6.97. The van der Waals surface area contributed by atoms with E-state index in [1.807, 2.05) is 18.3 Å².